The van der Waals surface area contributed by atoms with Gasteiger partial charge in [-0.1, -0.05) is 88.7 Å². The summed E-state index contributed by atoms with van der Waals surface area (Å²) >= 11 is 0. The summed E-state index contributed by atoms with van der Waals surface area (Å²) in [5.74, 6) is -2.59. The average molecular weight is 789 g/mol. The topological polar surface area (TPSA) is 188 Å². The molecule has 0 aromatic heterocycles. The maximum Gasteiger partial charge on any atom is 0.337 e. The number of carbonyl (C=O) groups is 3. The number of phenols is 1. The second-order valence-corrected chi connectivity index (χ2v) is 14.4. The number of phenolic OH excluding ortho intramolecular Hbond substituents is 1. The molecule has 0 spiro atoms. The molecule has 0 aliphatic carbocycles. The lowest BCUT2D eigenvalue weighted by Crippen LogP contribution is -2.60. The van der Waals surface area contributed by atoms with Crippen LogP contribution in [-0.2, 0) is 49.2 Å². The van der Waals surface area contributed by atoms with Crippen molar-refractivity contribution in [2.24, 2.45) is 5.92 Å². The molecule has 13 nitrogen and oxygen atoms in total. The number of ether oxygens (including phenoxy) is 6. The fourth-order valence-electron chi connectivity index (χ4n) is 6.67. The van der Waals surface area contributed by atoms with E-state index in [1.807, 2.05) is 0 Å². The van der Waals surface area contributed by atoms with Crippen molar-refractivity contribution in [3.63, 3.8) is 0 Å². The van der Waals surface area contributed by atoms with Gasteiger partial charge in [0.2, 0.25) is 6.29 Å². The lowest BCUT2D eigenvalue weighted by atomic mass is 9.86. The van der Waals surface area contributed by atoms with Crippen LogP contribution in [0, 0.1) is 5.92 Å². The third-order valence-electron chi connectivity index (χ3n) is 10.1. The fraction of sp³-hybridized carbons (Fsp3) is 0.651. The molecule has 0 saturated carbocycles. The Hall–Kier alpha value is -3.75. The number of aliphatic hydroxyl groups excluding tert-OH is 3. The van der Waals surface area contributed by atoms with Gasteiger partial charge in [0.05, 0.1) is 32.0 Å². The van der Waals surface area contributed by atoms with E-state index in [1.54, 1.807) is 25.1 Å². The van der Waals surface area contributed by atoms with Crippen LogP contribution < -0.4 is 0 Å². The predicted octanol–water partition coefficient (Wildman–Crippen LogP) is 6.25. The lowest BCUT2D eigenvalue weighted by Gasteiger charge is -2.42. The summed E-state index contributed by atoms with van der Waals surface area (Å²) in [6.45, 7) is 3.55. The normalized spacial score (nSPS) is 24.4. The Morgan fingerprint density at radius 2 is 1.45 bits per heavy atom. The number of hydrogen-bond acceptors (Lipinski definition) is 13. The minimum Gasteiger partial charge on any atom is -0.508 e. The van der Waals surface area contributed by atoms with E-state index in [0.717, 1.165) is 50.4 Å². The van der Waals surface area contributed by atoms with Crippen molar-refractivity contribution >= 4 is 17.9 Å². The molecule has 0 unspecified atom stereocenters. The van der Waals surface area contributed by atoms with Crippen LogP contribution in [0.2, 0.25) is 0 Å². The molecule has 314 valence electrons. The predicted molar refractivity (Wildman–Crippen MR) is 208 cm³/mol. The number of rotatable bonds is 25. The monoisotopic (exact) mass is 788 g/mol. The van der Waals surface area contributed by atoms with Crippen LogP contribution in [0.1, 0.15) is 116 Å². The van der Waals surface area contributed by atoms with Crippen LogP contribution in [0.3, 0.4) is 0 Å². The summed E-state index contributed by atoms with van der Waals surface area (Å²) in [5, 5.41) is 41.5. The standard InChI is InChI=1S/C43H64O13/c1-4-6-7-8-9-10-11-12-13-14-15-16-17-18-19-20-36(45)53-29-35-38(47)39(48)40(49)43(55-35)56-42-32(5-2)33(34(28-54-42)41(50)51-3)27-37(46)52-26-25-30-21-23-31(44)24-22-30/h5,12-13,21-24,28,33,35,38-40,42-44,47-49H,4,6-11,14-20,25-27,29H2,1-3H3/b13-12+,32-5+/t33-,35+,38+,39-,40+,42-,43-/m0/s1. The highest BCUT2D eigenvalue weighted by molar-refractivity contribution is 5.90. The van der Waals surface area contributed by atoms with Gasteiger partial charge < -0.3 is 48.8 Å². The van der Waals surface area contributed by atoms with Gasteiger partial charge in [0.15, 0.2) is 6.29 Å². The van der Waals surface area contributed by atoms with Gasteiger partial charge in [-0.05, 0) is 56.7 Å². The number of aromatic hydroxyl groups is 1. The number of benzene rings is 1. The zero-order valence-electron chi connectivity index (χ0n) is 33.4. The first-order valence-electron chi connectivity index (χ1n) is 20.3. The molecule has 2 aliphatic heterocycles. The van der Waals surface area contributed by atoms with E-state index in [4.69, 9.17) is 28.4 Å². The maximum atomic E-state index is 13.0. The molecule has 1 aromatic carbocycles. The number of unbranched alkanes of at least 4 members (excludes halogenated alkanes) is 11. The van der Waals surface area contributed by atoms with Gasteiger partial charge in [-0.25, -0.2) is 4.79 Å². The van der Waals surface area contributed by atoms with E-state index < -0.39 is 60.8 Å². The highest BCUT2D eigenvalue weighted by Crippen LogP contribution is 2.36. The molecule has 1 aromatic rings. The summed E-state index contributed by atoms with van der Waals surface area (Å²) < 4.78 is 33.1. The number of methoxy groups -OCH3 is 1. The van der Waals surface area contributed by atoms with Crippen LogP contribution in [0.5, 0.6) is 5.75 Å². The quantitative estimate of drug-likeness (QED) is 0.0377. The Balaban J connectivity index is 1.44. The molecule has 13 heteroatoms. The zero-order valence-corrected chi connectivity index (χ0v) is 33.4. The van der Waals surface area contributed by atoms with Crippen LogP contribution in [0.25, 0.3) is 0 Å². The van der Waals surface area contributed by atoms with Crippen LogP contribution >= 0.6 is 0 Å². The van der Waals surface area contributed by atoms with Gasteiger partial charge in [-0.15, -0.1) is 0 Å². The first kappa shape index (κ1) is 46.6. The highest BCUT2D eigenvalue weighted by Gasteiger charge is 2.47. The Morgan fingerprint density at radius 1 is 0.804 bits per heavy atom. The SMILES string of the molecule is C/C=C1/[C@H](O[C@@H]2O[C@H](COC(=O)CCCCCCC/C=C/CCCCCCCC)[C@@H](O)[C@H](O)[C@H]2O)OC=C(C(=O)OC)[C@H]1CC(=O)OCCc1ccc(O)cc1. The molecule has 7 atom stereocenters. The van der Waals surface area contributed by atoms with Gasteiger partial charge in [-0.3, -0.25) is 9.59 Å². The first-order chi connectivity index (χ1) is 27.1. The molecule has 2 aliphatic rings. The number of esters is 3. The van der Waals surface area contributed by atoms with Crippen molar-refractivity contribution in [2.75, 3.05) is 20.3 Å². The third kappa shape index (κ3) is 16.0. The zero-order chi connectivity index (χ0) is 40.7. The Morgan fingerprint density at radius 3 is 2.09 bits per heavy atom. The molecule has 0 bridgehead atoms. The van der Waals surface area contributed by atoms with Gasteiger partial charge in [0.25, 0.3) is 0 Å². The van der Waals surface area contributed by atoms with Crippen LogP contribution in [-0.4, -0.2) is 95.7 Å². The lowest BCUT2D eigenvalue weighted by molar-refractivity contribution is -0.328. The molecule has 1 saturated heterocycles. The van der Waals surface area contributed by atoms with Crippen molar-refractivity contribution in [3.8, 4) is 5.75 Å². The minimum atomic E-state index is -1.72. The summed E-state index contributed by atoms with van der Waals surface area (Å²) in [7, 11) is 1.19. The second kappa shape index (κ2) is 26.2. The van der Waals surface area contributed by atoms with E-state index in [2.05, 4.69) is 19.1 Å². The molecule has 4 N–H and O–H groups in total. The number of carbonyl (C=O) groups excluding carboxylic acids is 3. The van der Waals surface area contributed by atoms with E-state index in [1.165, 1.54) is 57.8 Å². The summed E-state index contributed by atoms with van der Waals surface area (Å²) in [6, 6.07) is 6.50. The molecular weight excluding hydrogens is 724 g/mol. The first-order valence-corrected chi connectivity index (χ1v) is 20.3. The van der Waals surface area contributed by atoms with Gasteiger partial charge >= 0.3 is 17.9 Å². The summed E-state index contributed by atoms with van der Waals surface area (Å²) in [4.78, 5) is 38.1. The Labute approximate surface area is 331 Å². The molecule has 56 heavy (non-hydrogen) atoms. The van der Waals surface area contributed by atoms with E-state index in [-0.39, 0.29) is 37.4 Å². The highest BCUT2D eigenvalue weighted by atomic mass is 16.8. The summed E-state index contributed by atoms with van der Waals surface area (Å²) in [5.41, 5.74) is 1.21. The van der Waals surface area contributed by atoms with Crippen LogP contribution in [0.15, 0.2) is 59.9 Å². The average Bonchev–Trinajstić information content (AvgIpc) is 3.19. The van der Waals surface area contributed by atoms with Crippen molar-refractivity contribution in [1.29, 1.82) is 0 Å². The second-order valence-electron chi connectivity index (χ2n) is 14.4. The Kier molecular flexibility index (Phi) is 21.8. The van der Waals surface area contributed by atoms with Crippen LogP contribution in [0.4, 0.5) is 0 Å². The van der Waals surface area contributed by atoms with Gasteiger partial charge in [0.1, 0.15) is 36.8 Å². The molecule has 1 fully saturated rings. The van der Waals surface area contributed by atoms with Gasteiger partial charge in [-0.2, -0.15) is 0 Å². The minimum absolute atomic E-state index is 0.0347. The van der Waals surface area contributed by atoms with Crippen molar-refractivity contribution in [3.05, 3.63) is 65.5 Å². The number of aliphatic hydroxyl groups is 3. The van der Waals surface area contributed by atoms with Crippen molar-refractivity contribution in [1.82, 2.24) is 0 Å². The van der Waals surface area contributed by atoms with Crippen molar-refractivity contribution in [2.45, 2.75) is 154 Å². The van der Waals surface area contributed by atoms with Gasteiger partial charge in [0, 0.05) is 24.3 Å². The Bertz CT molecular complexity index is 1400. The summed E-state index contributed by atoms with van der Waals surface area (Å²) in [6.07, 6.45) is 13.4. The third-order valence-corrected chi connectivity index (χ3v) is 10.1. The fourth-order valence-corrected chi connectivity index (χ4v) is 6.67. The molecule has 3 rings (SSSR count). The van der Waals surface area contributed by atoms with E-state index >= 15 is 0 Å². The molecular formula is C43H64O13. The smallest absolute Gasteiger partial charge is 0.337 e. The van der Waals surface area contributed by atoms with E-state index in [0.29, 0.717) is 18.4 Å². The maximum absolute atomic E-state index is 13.0. The molecule has 0 amide bonds. The van der Waals surface area contributed by atoms with E-state index in [9.17, 15) is 34.8 Å². The van der Waals surface area contributed by atoms with Crippen molar-refractivity contribution < 1.29 is 63.2 Å². The number of hydrogen-bond donors (Lipinski definition) is 4. The largest absolute Gasteiger partial charge is 0.508 e. The molecule has 0 radical (unpaired) electrons. The number of allylic oxidation sites excluding steroid dienone is 3. The molecule has 2 heterocycles.